The SMILES string of the molecule is CCCCOc1ccc(C2=NOC3(CCOC3)C2)cc1OC. The van der Waals surface area contributed by atoms with E-state index in [-0.39, 0.29) is 5.60 Å². The van der Waals surface area contributed by atoms with Crippen molar-refractivity contribution in [2.24, 2.45) is 5.16 Å². The number of hydrogen-bond acceptors (Lipinski definition) is 5. The molecule has 2 aliphatic rings. The average Bonchev–Trinajstić information content (AvgIpc) is 3.18. The number of unbranched alkanes of at least 4 members (excludes halogenated alkanes) is 1. The van der Waals surface area contributed by atoms with E-state index in [4.69, 9.17) is 19.0 Å². The molecule has 120 valence electrons. The van der Waals surface area contributed by atoms with E-state index in [1.807, 2.05) is 18.2 Å². The molecule has 2 heterocycles. The highest BCUT2D eigenvalue weighted by molar-refractivity contribution is 6.02. The van der Waals surface area contributed by atoms with Gasteiger partial charge in [-0.25, -0.2) is 0 Å². The second-order valence-corrected chi connectivity index (χ2v) is 5.86. The normalized spacial score (nSPS) is 23.5. The molecule has 1 saturated heterocycles. The zero-order valence-electron chi connectivity index (χ0n) is 13.3. The molecule has 5 nitrogen and oxygen atoms in total. The summed E-state index contributed by atoms with van der Waals surface area (Å²) in [5.41, 5.74) is 1.71. The fourth-order valence-corrected chi connectivity index (χ4v) is 2.77. The molecule has 5 heteroatoms. The molecule has 22 heavy (non-hydrogen) atoms. The lowest BCUT2D eigenvalue weighted by Gasteiger charge is -2.17. The minimum atomic E-state index is -0.251. The monoisotopic (exact) mass is 305 g/mol. The van der Waals surface area contributed by atoms with Crippen molar-refractivity contribution in [3.05, 3.63) is 23.8 Å². The van der Waals surface area contributed by atoms with E-state index in [2.05, 4.69) is 12.1 Å². The molecule has 0 amide bonds. The van der Waals surface area contributed by atoms with Crippen molar-refractivity contribution >= 4 is 5.71 Å². The average molecular weight is 305 g/mol. The molecule has 1 aromatic rings. The van der Waals surface area contributed by atoms with Gasteiger partial charge in [-0.05, 0) is 24.6 Å². The van der Waals surface area contributed by atoms with E-state index in [0.717, 1.165) is 55.1 Å². The fraction of sp³-hybridized carbons (Fsp3) is 0.588. The smallest absolute Gasteiger partial charge is 0.168 e. The second kappa shape index (κ2) is 6.57. The van der Waals surface area contributed by atoms with Crippen molar-refractivity contribution in [2.75, 3.05) is 26.9 Å². The highest BCUT2D eigenvalue weighted by Crippen LogP contribution is 2.36. The maximum atomic E-state index is 5.76. The summed E-state index contributed by atoms with van der Waals surface area (Å²) in [6.07, 6.45) is 3.83. The molecule has 0 N–H and O–H groups in total. The standard InChI is InChI=1S/C17H23NO4/c1-3-4-8-21-15-6-5-13(10-16(15)19-2)14-11-17(22-18-14)7-9-20-12-17/h5-6,10H,3-4,7-9,11-12H2,1-2H3. The molecule has 0 radical (unpaired) electrons. The minimum Gasteiger partial charge on any atom is -0.493 e. The first-order valence-corrected chi connectivity index (χ1v) is 7.90. The van der Waals surface area contributed by atoms with Crippen molar-refractivity contribution in [3.63, 3.8) is 0 Å². The molecular formula is C17H23NO4. The molecule has 0 saturated carbocycles. The maximum Gasteiger partial charge on any atom is 0.168 e. The number of ether oxygens (including phenoxy) is 3. The van der Waals surface area contributed by atoms with Gasteiger partial charge in [-0.15, -0.1) is 0 Å². The van der Waals surface area contributed by atoms with Crippen LogP contribution >= 0.6 is 0 Å². The Labute approximate surface area is 131 Å². The third-order valence-corrected chi connectivity index (χ3v) is 4.16. The summed E-state index contributed by atoms with van der Waals surface area (Å²) in [5, 5.41) is 4.26. The minimum absolute atomic E-state index is 0.251. The Morgan fingerprint density at radius 3 is 2.95 bits per heavy atom. The lowest BCUT2D eigenvalue weighted by molar-refractivity contribution is -0.0237. The van der Waals surface area contributed by atoms with Gasteiger partial charge in [0.25, 0.3) is 0 Å². The van der Waals surface area contributed by atoms with Gasteiger partial charge in [0.1, 0.15) is 0 Å². The van der Waals surface area contributed by atoms with Crippen molar-refractivity contribution in [1.82, 2.24) is 0 Å². The first kappa shape index (κ1) is 15.2. The number of hydrogen-bond donors (Lipinski definition) is 0. The molecule has 0 bridgehead atoms. The summed E-state index contributed by atoms with van der Waals surface area (Å²) >= 11 is 0. The van der Waals surface area contributed by atoms with E-state index in [9.17, 15) is 0 Å². The predicted molar refractivity (Wildman–Crippen MR) is 83.8 cm³/mol. The van der Waals surface area contributed by atoms with E-state index < -0.39 is 0 Å². The Balaban J connectivity index is 1.72. The van der Waals surface area contributed by atoms with Gasteiger partial charge in [0, 0.05) is 18.4 Å². The number of nitrogens with zero attached hydrogens (tertiary/aromatic N) is 1. The van der Waals surface area contributed by atoms with E-state index in [1.54, 1.807) is 7.11 Å². The summed E-state index contributed by atoms with van der Waals surface area (Å²) in [7, 11) is 1.66. The van der Waals surface area contributed by atoms with Crippen LogP contribution in [0, 0.1) is 0 Å². The summed E-state index contributed by atoms with van der Waals surface area (Å²) in [5.74, 6) is 1.51. The molecule has 0 aromatic heterocycles. The van der Waals surface area contributed by atoms with Crippen molar-refractivity contribution in [2.45, 2.75) is 38.2 Å². The predicted octanol–water partition coefficient (Wildman–Crippen LogP) is 3.16. The lowest BCUT2D eigenvalue weighted by atomic mass is 9.93. The van der Waals surface area contributed by atoms with Crippen molar-refractivity contribution in [3.8, 4) is 11.5 Å². The first-order valence-electron chi connectivity index (χ1n) is 7.90. The lowest BCUT2D eigenvalue weighted by Crippen LogP contribution is -2.29. The molecule has 2 aliphatic heterocycles. The molecule has 1 atom stereocenters. The van der Waals surface area contributed by atoms with E-state index >= 15 is 0 Å². The highest BCUT2D eigenvalue weighted by Gasteiger charge is 2.43. The van der Waals surface area contributed by atoms with Crippen LogP contribution in [0.2, 0.25) is 0 Å². The Hall–Kier alpha value is -1.75. The fourth-order valence-electron chi connectivity index (χ4n) is 2.77. The van der Waals surface area contributed by atoms with Crippen LogP contribution in [0.3, 0.4) is 0 Å². The molecule has 1 unspecified atom stereocenters. The van der Waals surface area contributed by atoms with Crippen LogP contribution < -0.4 is 9.47 Å². The van der Waals surface area contributed by atoms with Crippen molar-refractivity contribution < 1.29 is 19.0 Å². The molecule has 1 fully saturated rings. The van der Waals surface area contributed by atoms with Gasteiger partial charge in [-0.2, -0.15) is 0 Å². The second-order valence-electron chi connectivity index (χ2n) is 5.86. The zero-order valence-corrected chi connectivity index (χ0v) is 13.3. The van der Waals surface area contributed by atoms with Crippen LogP contribution in [-0.2, 0) is 9.57 Å². The number of oxime groups is 1. The Bertz CT molecular complexity index is 550. The Morgan fingerprint density at radius 2 is 2.23 bits per heavy atom. The van der Waals surface area contributed by atoms with Crippen LogP contribution in [0.4, 0.5) is 0 Å². The third kappa shape index (κ3) is 3.04. The van der Waals surface area contributed by atoms with E-state index in [1.165, 1.54) is 0 Å². The highest BCUT2D eigenvalue weighted by atomic mass is 16.7. The van der Waals surface area contributed by atoms with Gasteiger partial charge >= 0.3 is 0 Å². The quantitative estimate of drug-likeness (QED) is 0.758. The zero-order chi connectivity index (χ0) is 15.4. The summed E-state index contributed by atoms with van der Waals surface area (Å²) in [4.78, 5) is 5.64. The number of rotatable bonds is 6. The van der Waals surface area contributed by atoms with Crippen LogP contribution in [0.1, 0.15) is 38.2 Å². The van der Waals surface area contributed by atoms with Crippen LogP contribution in [0.5, 0.6) is 11.5 Å². The summed E-state index contributed by atoms with van der Waals surface area (Å²) in [6, 6.07) is 5.93. The molecule has 0 aliphatic carbocycles. The largest absolute Gasteiger partial charge is 0.493 e. The van der Waals surface area contributed by atoms with Crippen LogP contribution in [-0.4, -0.2) is 38.2 Å². The van der Waals surface area contributed by atoms with Gasteiger partial charge < -0.3 is 19.0 Å². The molecule has 1 spiro atoms. The Morgan fingerprint density at radius 1 is 1.32 bits per heavy atom. The maximum absolute atomic E-state index is 5.76. The molecule has 1 aromatic carbocycles. The van der Waals surface area contributed by atoms with Gasteiger partial charge in [-0.3, -0.25) is 0 Å². The molecule has 3 rings (SSSR count). The van der Waals surface area contributed by atoms with Crippen molar-refractivity contribution in [1.29, 1.82) is 0 Å². The Kier molecular flexibility index (Phi) is 4.52. The van der Waals surface area contributed by atoms with Gasteiger partial charge in [0.2, 0.25) is 0 Å². The molecular weight excluding hydrogens is 282 g/mol. The van der Waals surface area contributed by atoms with Gasteiger partial charge in [0.15, 0.2) is 17.1 Å². The van der Waals surface area contributed by atoms with Gasteiger partial charge in [-0.1, -0.05) is 18.5 Å². The summed E-state index contributed by atoms with van der Waals surface area (Å²) in [6.45, 7) is 4.22. The van der Waals surface area contributed by atoms with E-state index in [0.29, 0.717) is 13.2 Å². The van der Waals surface area contributed by atoms with Gasteiger partial charge in [0.05, 0.1) is 32.6 Å². The first-order chi connectivity index (χ1) is 10.8. The third-order valence-electron chi connectivity index (χ3n) is 4.16. The number of benzene rings is 1. The number of methoxy groups -OCH3 is 1. The topological polar surface area (TPSA) is 49.3 Å². The van der Waals surface area contributed by atoms with Crippen LogP contribution in [0.15, 0.2) is 23.4 Å². The van der Waals surface area contributed by atoms with Crippen LogP contribution in [0.25, 0.3) is 0 Å². The summed E-state index contributed by atoms with van der Waals surface area (Å²) < 4.78 is 16.7.